The molecular formula is Br2OSe. The predicted molar refractivity (Wildman–Crippen MR) is 24.3 cm³/mol. The third kappa shape index (κ3) is 10.4. The van der Waals surface area contributed by atoms with Gasteiger partial charge in [-0.25, -0.2) is 0 Å². The van der Waals surface area contributed by atoms with E-state index in [1.165, 1.54) is 0 Å². The Labute approximate surface area is 42.2 Å². The fourth-order valence-electron chi connectivity index (χ4n) is 0. The van der Waals surface area contributed by atoms with E-state index >= 15 is 0 Å². The Morgan fingerprint density at radius 2 is 1.50 bits per heavy atom. The van der Waals surface area contributed by atoms with E-state index in [4.69, 9.17) is 0 Å². The molecule has 0 N–H and O–H groups in total. The zero-order valence-corrected chi connectivity index (χ0v) is 6.46. The second kappa shape index (κ2) is 2.51. The van der Waals surface area contributed by atoms with Crippen LogP contribution in [0.15, 0.2) is 0 Å². The van der Waals surface area contributed by atoms with E-state index in [2.05, 4.69) is 28.2 Å². The molecule has 26 valence electrons. The van der Waals surface area contributed by atoms with Gasteiger partial charge in [-0.2, -0.15) is 0 Å². The van der Waals surface area contributed by atoms with E-state index in [0.29, 0.717) is 0 Å². The summed E-state index contributed by atoms with van der Waals surface area (Å²) in [5, 5.41) is 0. The van der Waals surface area contributed by atoms with Gasteiger partial charge in [0.05, 0.1) is 0 Å². The van der Waals surface area contributed by atoms with Crippen LogP contribution in [0.4, 0.5) is 0 Å². The van der Waals surface area contributed by atoms with Crippen molar-refractivity contribution in [3.8, 4) is 0 Å². The van der Waals surface area contributed by atoms with Crippen molar-refractivity contribution >= 4 is 38.4 Å². The third-order valence-corrected chi connectivity index (χ3v) is 0. The van der Waals surface area contributed by atoms with Crippen LogP contribution in [0, 0.1) is 0 Å². The van der Waals surface area contributed by atoms with Crippen LogP contribution in [0.2, 0.25) is 0 Å². The third-order valence-electron chi connectivity index (χ3n) is 0. The van der Waals surface area contributed by atoms with E-state index < -0.39 is 10.2 Å². The van der Waals surface area contributed by atoms with Gasteiger partial charge in [0.2, 0.25) is 0 Å². The zero-order chi connectivity index (χ0) is 3.58. The van der Waals surface area contributed by atoms with Crippen LogP contribution in [-0.2, 0) is 3.83 Å². The van der Waals surface area contributed by atoms with Gasteiger partial charge in [-0.15, -0.1) is 0 Å². The molecule has 1 nitrogen and oxygen atoms in total. The van der Waals surface area contributed by atoms with Crippen LogP contribution in [0.5, 0.6) is 0 Å². The second-order valence-corrected chi connectivity index (χ2v) is 11.6. The summed E-state index contributed by atoms with van der Waals surface area (Å²) in [6, 6.07) is 0. The molecule has 0 aliphatic heterocycles. The fraction of sp³-hybridized carbons (Fsp3) is 0. The summed E-state index contributed by atoms with van der Waals surface area (Å²) in [7, 11) is -1.67. The van der Waals surface area contributed by atoms with Gasteiger partial charge in [-0.1, -0.05) is 0 Å². The molecule has 0 unspecified atom stereocenters. The van der Waals surface area contributed by atoms with Crippen molar-refractivity contribution in [3.05, 3.63) is 0 Å². The van der Waals surface area contributed by atoms with Crippen LogP contribution in [0.3, 0.4) is 0 Å². The van der Waals surface area contributed by atoms with E-state index in [1.54, 1.807) is 0 Å². The monoisotopic (exact) mass is 254 g/mol. The summed E-state index contributed by atoms with van der Waals surface area (Å²) in [6.07, 6.45) is 0. The first-order chi connectivity index (χ1) is 1.73. The van der Waals surface area contributed by atoms with E-state index in [-0.39, 0.29) is 0 Å². The van der Waals surface area contributed by atoms with E-state index in [1.807, 2.05) is 0 Å². The average Bonchev–Trinajstić information content (AvgIpc) is 0.811. The van der Waals surface area contributed by atoms with Crippen LogP contribution in [0.25, 0.3) is 0 Å². The summed E-state index contributed by atoms with van der Waals surface area (Å²) in [6.45, 7) is 0. The molecule has 0 aromatic rings. The summed E-state index contributed by atoms with van der Waals surface area (Å²) in [4.78, 5) is 0. The molecule has 4 heteroatoms. The molecule has 0 radical (unpaired) electrons. The van der Waals surface area contributed by atoms with E-state index in [0.717, 1.165) is 0 Å². The van der Waals surface area contributed by atoms with Crippen molar-refractivity contribution in [1.82, 2.24) is 0 Å². The molecule has 0 bridgehead atoms. The van der Waals surface area contributed by atoms with Gasteiger partial charge in [0.1, 0.15) is 0 Å². The SMILES string of the molecule is O=[Se](Br)Br. The first kappa shape index (κ1) is 5.28. The fourth-order valence-corrected chi connectivity index (χ4v) is 0. The quantitative estimate of drug-likeness (QED) is 0.594. The maximum atomic E-state index is 9.49. The van der Waals surface area contributed by atoms with Crippen molar-refractivity contribution in [2.45, 2.75) is 0 Å². The molecule has 0 saturated carbocycles. The predicted octanol–water partition coefficient (Wildman–Crippen LogP) is 1.19. The molecule has 0 heterocycles. The van der Waals surface area contributed by atoms with Crippen LogP contribution in [-0.4, -0.2) is 10.2 Å². The van der Waals surface area contributed by atoms with Gasteiger partial charge >= 0.3 is 42.3 Å². The van der Waals surface area contributed by atoms with Crippen LogP contribution in [0.1, 0.15) is 0 Å². The number of hydrogen-bond donors (Lipinski definition) is 0. The minimum atomic E-state index is -1.67. The van der Waals surface area contributed by atoms with Gasteiger partial charge < -0.3 is 0 Å². The van der Waals surface area contributed by atoms with Crippen molar-refractivity contribution in [2.75, 3.05) is 0 Å². The molecule has 0 aromatic carbocycles. The zero-order valence-electron chi connectivity index (χ0n) is 1.57. The topological polar surface area (TPSA) is 17.1 Å². The Morgan fingerprint density at radius 1 is 1.50 bits per heavy atom. The first-order valence-corrected chi connectivity index (χ1v) is 9.20. The summed E-state index contributed by atoms with van der Waals surface area (Å²) in [5.74, 6) is 0. The Hall–Kier alpha value is 1.28. The molecule has 0 spiro atoms. The van der Waals surface area contributed by atoms with Crippen molar-refractivity contribution in [2.24, 2.45) is 0 Å². The summed E-state index contributed by atoms with van der Waals surface area (Å²) >= 11 is 5.51. The molecule has 0 aliphatic rings. The van der Waals surface area contributed by atoms with Crippen molar-refractivity contribution < 1.29 is 3.83 Å². The molecule has 0 amide bonds. The number of hydrogen-bond acceptors (Lipinski definition) is 1. The first-order valence-electron chi connectivity index (χ1n) is 0.475. The van der Waals surface area contributed by atoms with Crippen molar-refractivity contribution in [3.63, 3.8) is 0 Å². The molecule has 0 rings (SSSR count). The second-order valence-electron chi connectivity index (χ2n) is 0.184. The molecule has 4 heavy (non-hydrogen) atoms. The molecule has 0 atom stereocenters. The summed E-state index contributed by atoms with van der Waals surface area (Å²) < 4.78 is 9.49. The van der Waals surface area contributed by atoms with Gasteiger partial charge in [0.15, 0.2) is 0 Å². The Kier molecular flexibility index (Phi) is 3.32. The average molecular weight is 255 g/mol. The molecule has 0 saturated heterocycles. The normalized spacial score (nSPS) is 8.75. The van der Waals surface area contributed by atoms with Gasteiger partial charge in [0.25, 0.3) is 0 Å². The minimum absolute atomic E-state index is 1.67. The Morgan fingerprint density at radius 3 is 1.50 bits per heavy atom. The van der Waals surface area contributed by atoms with Crippen LogP contribution >= 0.6 is 28.2 Å². The number of rotatable bonds is 0. The van der Waals surface area contributed by atoms with Gasteiger partial charge in [-0.05, 0) is 0 Å². The van der Waals surface area contributed by atoms with Gasteiger partial charge in [-0.3, -0.25) is 0 Å². The van der Waals surface area contributed by atoms with Crippen molar-refractivity contribution in [1.29, 1.82) is 0 Å². The maximum absolute atomic E-state index is 9.49. The van der Waals surface area contributed by atoms with Gasteiger partial charge in [0, 0.05) is 0 Å². The van der Waals surface area contributed by atoms with E-state index in [9.17, 15) is 3.83 Å². The summed E-state index contributed by atoms with van der Waals surface area (Å²) in [5.41, 5.74) is 0. The Balaban J connectivity index is 2.80. The number of halogens is 2. The van der Waals surface area contributed by atoms with Crippen LogP contribution < -0.4 is 0 Å². The molecule has 0 aromatic heterocycles. The molecular weight excluding hydrogens is 255 g/mol. The molecule has 0 fully saturated rings. The Bertz CT molecular complexity index is 29.0. The molecule has 0 aliphatic carbocycles. The standard InChI is InChI=1S/Br2OSe/c1-4(2)3.